The van der Waals surface area contributed by atoms with Gasteiger partial charge in [0.2, 0.25) is 11.9 Å². The molecule has 2 aliphatic carbocycles. The van der Waals surface area contributed by atoms with Gasteiger partial charge in [-0.1, -0.05) is 19.8 Å². The van der Waals surface area contributed by atoms with Gasteiger partial charge in [0.1, 0.15) is 35.2 Å². The minimum Gasteiger partial charge on any atom is -0.495 e. The largest absolute Gasteiger partial charge is 0.495 e. The number of hydrogen-bond donors (Lipinski definition) is 3. The normalized spacial score (nSPS) is 20.4. The first kappa shape index (κ1) is 41.0. The number of carbonyl (C=O) groups excluding carboxylic acids is 4. The highest BCUT2D eigenvalue weighted by Gasteiger charge is 2.41. The second-order valence-electron chi connectivity index (χ2n) is 16.5. The van der Waals surface area contributed by atoms with Crippen molar-refractivity contribution in [1.82, 2.24) is 25.5 Å². The maximum absolute atomic E-state index is 13.4. The summed E-state index contributed by atoms with van der Waals surface area (Å²) < 4.78 is 16.9. The summed E-state index contributed by atoms with van der Waals surface area (Å²) in [6, 6.07) is 4.41. The van der Waals surface area contributed by atoms with Crippen molar-refractivity contribution in [3.05, 3.63) is 30.0 Å². The Balaban J connectivity index is 1.03. The molecule has 3 amide bonds. The van der Waals surface area contributed by atoms with Crippen molar-refractivity contribution in [3.63, 3.8) is 0 Å². The Morgan fingerprint density at radius 3 is 2.36 bits per heavy atom. The van der Waals surface area contributed by atoms with Crippen LogP contribution in [0.15, 0.2) is 24.4 Å². The van der Waals surface area contributed by atoms with Crippen molar-refractivity contribution >= 4 is 47.0 Å². The maximum Gasteiger partial charge on any atom is 0.408 e. The number of rotatable bonds is 13. The van der Waals surface area contributed by atoms with Crippen molar-refractivity contribution in [2.45, 2.75) is 141 Å². The Morgan fingerprint density at radius 2 is 1.70 bits per heavy atom. The summed E-state index contributed by atoms with van der Waals surface area (Å²) in [5, 5.41) is 9.21. The van der Waals surface area contributed by atoms with Gasteiger partial charge in [0, 0.05) is 44.3 Å². The van der Waals surface area contributed by atoms with Crippen LogP contribution < -0.4 is 30.5 Å². The molecule has 15 heteroatoms. The lowest BCUT2D eigenvalue weighted by atomic mass is 10.0. The van der Waals surface area contributed by atoms with Gasteiger partial charge < -0.3 is 44.9 Å². The third kappa shape index (κ3) is 10.0. The highest BCUT2D eigenvalue weighted by Crippen LogP contribution is 2.40. The number of aromatic nitrogens is 2. The number of esters is 1. The van der Waals surface area contributed by atoms with E-state index in [0.717, 1.165) is 83.1 Å². The van der Waals surface area contributed by atoms with Gasteiger partial charge in [0.05, 0.1) is 19.0 Å². The number of piperidine rings is 1. The number of fused-ring (bicyclic) bond motifs is 1. The van der Waals surface area contributed by atoms with Crippen molar-refractivity contribution in [2.24, 2.45) is 0 Å². The number of anilines is 4. The van der Waals surface area contributed by atoms with Gasteiger partial charge in [0.25, 0.3) is 5.91 Å². The zero-order valence-electron chi connectivity index (χ0n) is 33.9. The van der Waals surface area contributed by atoms with Crippen LogP contribution in [0, 0.1) is 0 Å². The first-order valence-electron chi connectivity index (χ1n) is 20.4. The van der Waals surface area contributed by atoms with Crippen LogP contribution in [-0.4, -0.2) is 108 Å². The molecule has 2 aliphatic heterocycles. The van der Waals surface area contributed by atoms with Gasteiger partial charge in [-0.25, -0.2) is 14.6 Å². The number of alkyl carbamates (subject to hydrolysis) is 1. The monoisotopic (exact) mass is 776 g/mol. The number of nitrogens with zero attached hydrogens (tertiary/aromatic N) is 5. The molecule has 0 unspecified atom stereocenters. The summed E-state index contributed by atoms with van der Waals surface area (Å²) in [6.07, 6.45) is 11.7. The van der Waals surface area contributed by atoms with Gasteiger partial charge in [-0.3, -0.25) is 9.59 Å². The molecule has 0 bridgehead atoms. The SMILES string of the molecule is CC[C@@H]1C(=O)N(C)c2cnc(Nc3ccc(C(=O)NC4CCN(CC[C@H](NC(=O)OC(C)(C)C)C(=O)OC5CCCC5)CC4)cc3OC)nc2N1C1CCCC1. The molecule has 1 saturated heterocycles. The summed E-state index contributed by atoms with van der Waals surface area (Å²) in [7, 11) is 3.34. The van der Waals surface area contributed by atoms with Crippen LogP contribution in [0.1, 0.15) is 115 Å². The minimum atomic E-state index is -0.804. The molecule has 4 aliphatic rings. The Morgan fingerprint density at radius 1 is 1.00 bits per heavy atom. The Hall–Kier alpha value is -4.66. The van der Waals surface area contributed by atoms with E-state index in [2.05, 4.69) is 30.7 Å². The van der Waals surface area contributed by atoms with Crippen LogP contribution in [0.25, 0.3) is 0 Å². The molecule has 3 N–H and O–H groups in total. The van der Waals surface area contributed by atoms with E-state index in [1.54, 1.807) is 64.2 Å². The van der Waals surface area contributed by atoms with Gasteiger partial charge in [0.15, 0.2) is 5.82 Å². The smallest absolute Gasteiger partial charge is 0.408 e. The van der Waals surface area contributed by atoms with Crippen molar-refractivity contribution in [2.75, 3.05) is 48.9 Å². The molecule has 306 valence electrons. The van der Waals surface area contributed by atoms with E-state index < -0.39 is 23.7 Å². The second-order valence-corrected chi connectivity index (χ2v) is 16.5. The summed E-state index contributed by atoms with van der Waals surface area (Å²) in [5.74, 6) is 1.06. The Labute approximate surface area is 330 Å². The quantitative estimate of drug-likeness (QED) is 0.213. The number of ether oxygens (including phenoxy) is 3. The summed E-state index contributed by atoms with van der Waals surface area (Å²) in [4.78, 5) is 68.0. The molecule has 0 radical (unpaired) electrons. The van der Waals surface area contributed by atoms with Gasteiger partial charge in [-0.15, -0.1) is 0 Å². The fourth-order valence-corrected chi connectivity index (χ4v) is 8.33. The molecular weight excluding hydrogens is 716 g/mol. The number of hydrogen-bond acceptors (Lipinski definition) is 12. The average Bonchev–Trinajstić information content (AvgIpc) is 3.90. The Bertz CT molecular complexity index is 1710. The lowest BCUT2D eigenvalue weighted by Gasteiger charge is -2.43. The molecule has 3 fully saturated rings. The molecule has 2 atom stereocenters. The van der Waals surface area contributed by atoms with E-state index >= 15 is 0 Å². The number of likely N-dealkylation sites (N-methyl/N-ethyl adjacent to an activating group) is 1. The van der Waals surface area contributed by atoms with Crippen LogP contribution >= 0.6 is 0 Å². The fourth-order valence-electron chi connectivity index (χ4n) is 8.33. The highest BCUT2D eigenvalue weighted by atomic mass is 16.6. The molecule has 2 aromatic rings. The van der Waals surface area contributed by atoms with Crippen LogP contribution in [0.2, 0.25) is 0 Å². The van der Waals surface area contributed by atoms with E-state index in [0.29, 0.717) is 48.0 Å². The van der Waals surface area contributed by atoms with E-state index in [1.165, 1.54) is 0 Å². The number of benzene rings is 1. The molecule has 15 nitrogen and oxygen atoms in total. The molecule has 1 aromatic heterocycles. The molecular formula is C41H60N8O7. The highest BCUT2D eigenvalue weighted by molar-refractivity contribution is 6.04. The third-order valence-electron chi connectivity index (χ3n) is 11.3. The third-order valence-corrected chi connectivity index (χ3v) is 11.3. The molecule has 56 heavy (non-hydrogen) atoms. The first-order valence-corrected chi connectivity index (χ1v) is 20.4. The van der Waals surface area contributed by atoms with Crippen LogP contribution in [0.3, 0.4) is 0 Å². The molecule has 3 heterocycles. The second kappa shape index (κ2) is 18.1. The first-order chi connectivity index (χ1) is 26.8. The zero-order chi connectivity index (χ0) is 40.0. The lowest BCUT2D eigenvalue weighted by Crippen LogP contribution is -2.55. The maximum atomic E-state index is 13.4. The number of likely N-dealkylation sites (tertiary alicyclic amines) is 1. The summed E-state index contributed by atoms with van der Waals surface area (Å²) in [6.45, 7) is 9.45. The van der Waals surface area contributed by atoms with Gasteiger partial charge >= 0.3 is 12.1 Å². The molecule has 2 saturated carbocycles. The molecule has 1 aromatic carbocycles. The van der Waals surface area contributed by atoms with Crippen molar-refractivity contribution in [3.8, 4) is 5.75 Å². The van der Waals surface area contributed by atoms with Crippen LogP contribution in [0.5, 0.6) is 5.75 Å². The number of carbonyl (C=O) groups is 4. The minimum absolute atomic E-state index is 0.0192. The zero-order valence-corrected chi connectivity index (χ0v) is 33.9. The van der Waals surface area contributed by atoms with Crippen LogP contribution in [0.4, 0.5) is 27.9 Å². The van der Waals surface area contributed by atoms with E-state index in [9.17, 15) is 19.2 Å². The summed E-state index contributed by atoms with van der Waals surface area (Å²) >= 11 is 0. The number of amides is 3. The summed E-state index contributed by atoms with van der Waals surface area (Å²) in [5.41, 5.74) is 1.09. The van der Waals surface area contributed by atoms with Crippen LogP contribution in [-0.2, 0) is 19.1 Å². The fraction of sp³-hybridized carbons (Fsp3) is 0.659. The van der Waals surface area contributed by atoms with Gasteiger partial charge in [-0.2, -0.15) is 4.98 Å². The van der Waals surface area contributed by atoms with E-state index in [-0.39, 0.29) is 36.0 Å². The number of methoxy groups -OCH3 is 1. The predicted molar refractivity (Wildman–Crippen MR) is 214 cm³/mol. The molecule has 6 rings (SSSR count). The predicted octanol–water partition coefficient (Wildman–Crippen LogP) is 5.70. The average molecular weight is 777 g/mol. The van der Waals surface area contributed by atoms with E-state index in [4.69, 9.17) is 19.2 Å². The lowest BCUT2D eigenvalue weighted by molar-refractivity contribution is -0.151. The topological polar surface area (TPSA) is 168 Å². The van der Waals surface area contributed by atoms with Gasteiger partial charge in [-0.05, 0) is 103 Å². The standard InChI is InChI=1S/C41H60N8O7/c1-7-32-37(51)47(5)33-25-42-39(46-35(33)49(32)28-12-8-9-13-28)44-30-17-16-26(24-34(30)54-6)36(50)43-27-18-21-48(22-19-27)23-20-31(45-40(53)56-41(2,3)4)38(52)55-29-14-10-11-15-29/h16-17,24-25,27-29,31-32H,7-15,18-23H2,1-6H3,(H,43,50)(H,45,53)(H,42,44,46)/t31-,32+/m0/s1. The Kier molecular flexibility index (Phi) is 13.2. The van der Waals surface area contributed by atoms with Crippen molar-refractivity contribution < 1.29 is 33.4 Å². The van der Waals surface area contributed by atoms with E-state index in [1.807, 2.05) is 6.92 Å². The van der Waals surface area contributed by atoms with Crippen molar-refractivity contribution in [1.29, 1.82) is 0 Å². The molecule has 0 spiro atoms. The number of nitrogens with one attached hydrogen (secondary N) is 3.